The number of esters is 1. The molecule has 0 aliphatic carbocycles. The highest BCUT2D eigenvalue weighted by Gasteiger charge is 2.48. The first-order valence-corrected chi connectivity index (χ1v) is 5.83. The van der Waals surface area contributed by atoms with Crippen LogP contribution in [0.4, 0.5) is 8.78 Å². The van der Waals surface area contributed by atoms with Gasteiger partial charge >= 0.3 is 11.9 Å². The predicted molar refractivity (Wildman–Crippen MR) is 63.7 cm³/mol. The van der Waals surface area contributed by atoms with E-state index in [0.717, 1.165) is 5.56 Å². The van der Waals surface area contributed by atoms with Gasteiger partial charge in [-0.1, -0.05) is 30.3 Å². The highest BCUT2D eigenvalue weighted by Crippen LogP contribution is 2.21. The lowest BCUT2D eigenvalue weighted by atomic mass is 10.2. The van der Waals surface area contributed by atoms with Crippen molar-refractivity contribution < 1.29 is 28.2 Å². The lowest BCUT2D eigenvalue weighted by Crippen LogP contribution is -2.45. The smallest absolute Gasteiger partial charge is 0.379 e. The first kappa shape index (κ1) is 15.5. The second kappa shape index (κ2) is 7.16. The summed E-state index contributed by atoms with van der Waals surface area (Å²) in [7, 11) is 0. The normalized spacial score (nSPS) is 13.1. The molecule has 0 saturated heterocycles. The number of hydrogen-bond donors (Lipinski definition) is 1. The Balaban J connectivity index is 2.42. The van der Waals surface area contributed by atoms with Gasteiger partial charge in [0.15, 0.2) is 6.10 Å². The van der Waals surface area contributed by atoms with Gasteiger partial charge in [0.1, 0.15) is 0 Å². The molecule has 0 amide bonds. The van der Waals surface area contributed by atoms with E-state index in [1.807, 2.05) is 6.07 Å². The maximum Gasteiger partial charge on any atom is 0.379 e. The van der Waals surface area contributed by atoms with Crippen LogP contribution in [0.2, 0.25) is 0 Å². The molecule has 0 aliphatic heterocycles. The van der Waals surface area contributed by atoms with E-state index in [2.05, 4.69) is 4.74 Å². The Labute approximate surface area is 109 Å². The lowest BCUT2D eigenvalue weighted by molar-refractivity contribution is -0.194. The molecule has 1 N–H and O–H groups in total. The standard InChI is InChI=1S/C13H16F2O4/c1-2-19-12(17)13(14,15)11(16)9-18-8-10-6-4-3-5-7-10/h3-7,11,16H,2,8-9H2,1H3. The molecular formula is C13H16F2O4. The van der Waals surface area contributed by atoms with Crippen molar-refractivity contribution in [2.24, 2.45) is 0 Å². The summed E-state index contributed by atoms with van der Waals surface area (Å²) in [6, 6.07) is 8.89. The number of halogens is 2. The van der Waals surface area contributed by atoms with Gasteiger partial charge in [-0.25, -0.2) is 4.79 Å². The van der Waals surface area contributed by atoms with E-state index in [1.165, 1.54) is 6.92 Å². The summed E-state index contributed by atoms with van der Waals surface area (Å²) >= 11 is 0. The Morgan fingerprint density at radius 1 is 1.37 bits per heavy atom. The van der Waals surface area contributed by atoms with Gasteiger partial charge in [-0.3, -0.25) is 0 Å². The van der Waals surface area contributed by atoms with Crippen molar-refractivity contribution >= 4 is 5.97 Å². The van der Waals surface area contributed by atoms with Crippen LogP contribution in [0.25, 0.3) is 0 Å². The summed E-state index contributed by atoms with van der Waals surface area (Å²) in [6.07, 6.45) is -2.23. The van der Waals surface area contributed by atoms with Gasteiger partial charge < -0.3 is 14.6 Å². The Morgan fingerprint density at radius 3 is 2.58 bits per heavy atom. The van der Waals surface area contributed by atoms with Gasteiger partial charge in [0.2, 0.25) is 0 Å². The number of aliphatic hydroxyl groups excluding tert-OH is 1. The van der Waals surface area contributed by atoms with Gasteiger partial charge in [-0.05, 0) is 12.5 Å². The molecule has 1 atom stereocenters. The van der Waals surface area contributed by atoms with Gasteiger partial charge in [-0.2, -0.15) is 8.78 Å². The zero-order chi connectivity index (χ0) is 14.3. The van der Waals surface area contributed by atoms with Crippen LogP contribution >= 0.6 is 0 Å². The van der Waals surface area contributed by atoms with Gasteiger partial charge in [0, 0.05) is 0 Å². The number of alkyl halides is 2. The maximum absolute atomic E-state index is 13.3. The van der Waals surface area contributed by atoms with Crippen molar-refractivity contribution in [3.05, 3.63) is 35.9 Å². The zero-order valence-corrected chi connectivity index (χ0v) is 10.5. The Hall–Kier alpha value is -1.53. The van der Waals surface area contributed by atoms with E-state index < -0.39 is 24.6 Å². The van der Waals surface area contributed by atoms with Crippen LogP contribution in [0.5, 0.6) is 0 Å². The monoisotopic (exact) mass is 274 g/mol. The van der Waals surface area contributed by atoms with Crippen LogP contribution < -0.4 is 0 Å². The summed E-state index contributed by atoms with van der Waals surface area (Å²) in [5.74, 6) is -5.71. The number of hydrogen-bond acceptors (Lipinski definition) is 4. The molecule has 0 bridgehead atoms. The Morgan fingerprint density at radius 2 is 2.00 bits per heavy atom. The predicted octanol–water partition coefficient (Wildman–Crippen LogP) is 1.76. The Kier molecular flexibility index (Phi) is 5.85. The summed E-state index contributed by atoms with van der Waals surface area (Å²) < 4.78 is 35.8. The van der Waals surface area contributed by atoms with Crippen molar-refractivity contribution in [2.45, 2.75) is 25.6 Å². The van der Waals surface area contributed by atoms with E-state index in [4.69, 9.17) is 4.74 Å². The minimum Gasteiger partial charge on any atom is -0.461 e. The van der Waals surface area contributed by atoms with E-state index in [-0.39, 0.29) is 13.2 Å². The van der Waals surface area contributed by atoms with Crippen molar-refractivity contribution in [3.63, 3.8) is 0 Å². The van der Waals surface area contributed by atoms with E-state index in [1.54, 1.807) is 24.3 Å². The molecule has 0 fully saturated rings. The second-order valence-corrected chi connectivity index (χ2v) is 3.86. The second-order valence-electron chi connectivity index (χ2n) is 3.86. The lowest BCUT2D eigenvalue weighted by Gasteiger charge is -2.20. The molecule has 0 heterocycles. The maximum atomic E-state index is 13.3. The van der Waals surface area contributed by atoms with Gasteiger partial charge in [0.25, 0.3) is 0 Å². The number of rotatable bonds is 7. The number of benzene rings is 1. The number of carbonyl (C=O) groups is 1. The van der Waals surface area contributed by atoms with Crippen LogP contribution in [0.3, 0.4) is 0 Å². The molecule has 1 aromatic carbocycles. The summed E-state index contributed by atoms with van der Waals surface area (Å²) in [5.41, 5.74) is 0.786. The third-order valence-corrected chi connectivity index (χ3v) is 2.35. The molecule has 19 heavy (non-hydrogen) atoms. The molecule has 0 aromatic heterocycles. The molecule has 1 aromatic rings. The first-order chi connectivity index (χ1) is 8.98. The quantitative estimate of drug-likeness (QED) is 0.770. The topological polar surface area (TPSA) is 55.8 Å². The molecular weight excluding hydrogens is 258 g/mol. The molecule has 1 rings (SSSR count). The van der Waals surface area contributed by atoms with Crippen molar-refractivity contribution in [3.8, 4) is 0 Å². The fourth-order valence-corrected chi connectivity index (χ4v) is 1.33. The summed E-state index contributed by atoms with van der Waals surface area (Å²) in [5, 5.41) is 9.28. The van der Waals surface area contributed by atoms with Crippen molar-refractivity contribution in [1.29, 1.82) is 0 Å². The fourth-order valence-electron chi connectivity index (χ4n) is 1.33. The van der Waals surface area contributed by atoms with Crippen LogP contribution in [0.1, 0.15) is 12.5 Å². The number of aliphatic hydroxyl groups is 1. The van der Waals surface area contributed by atoms with Crippen molar-refractivity contribution in [1.82, 2.24) is 0 Å². The molecule has 6 heteroatoms. The largest absolute Gasteiger partial charge is 0.461 e. The third kappa shape index (κ3) is 4.57. The number of carbonyl (C=O) groups excluding carboxylic acids is 1. The number of ether oxygens (including phenoxy) is 2. The zero-order valence-electron chi connectivity index (χ0n) is 10.5. The average Bonchev–Trinajstić information content (AvgIpc) is 2.40. The van der Waals surface area contributed by atoms with E-state index >= 15 is 0 Å². The average molecular weight is 274 g/mol. The van der Waals surface area contributed by atoms with E-state index in [9.17, 15) is 18.7 Å². The molecule has 4 nitrogen and oxygen atoms in total. The van der Waals surface area contributed by atoms with Crippen LogP contribution in [0, 0.1) is 0 Å². The SMILES string of the molecule is CCOC(=O)C(F)(F)C(O)COCc1ccccc1. The van der Waals surface area contributed by atoms with Gasteiger partial charge in [-0.15, -0.1) is 0 Å². The van der Waals surface area contributed by atoms with Crippen molar-refractivity contribution in [2.75, 3.05) is 13.2 Å². The molecule has 1 unspecified atom stereocenters. The molecule has 0 aliphatic rings. The van der Waals surface area contributed by atoms with Gasteiger partial charge in [0.05, 0.1) is 19.8 Å². The van der Waals surface area contributed by atoms with Crippen LogP contribution in [0.15, 0.2) is 30.3 Å². The Bertz CT molecular complexity index is 395. The first-order valence-electron chi connectivity index (χ1n) is 5.83. The highest BCUT2D eigenvalue weighted by atomic mass is 19.3. The minimum absolute atomic E-state index is 0.0802. The van der Waals surface area contributed by atoms with E-state index in [0.29, 0.717) is 0 Å². The molecule has 0 spiro atoms. The van der Waals surface area contributed by atoms with Crippen LogP contribution in [-0.4, -0.2) is 36.3 Å². The summed E-state index contributed by atoms with van der Waals surface area (Å²) in [6.45, 7) is 0.662. The molecule has 0 saturated carbocycles. The van der Waals surface area contributed by atoms with Crippen LogP contribution in [-0.2, 0) is 20.9 Å². The molecule has 106 valence electrons. The third-order valence-electron chi connectivity index (χ3n) is 2.35. The highest BCUT2D eigenvalue weighted by molar-refractivity contribution is 5.78. The minimum atomic E-state index is -3.97. The fraction of sp³-hybridized carbons (Fsp3) is 0.462. The molecule has 0 radical (unpaired) electrons. The summed E-state index contributed by atoms with van der Waals surface area (Å²) in [4.78, 5) is 11.0.